The van der Waals surface area contributed by atoms with Crippen LogP contribution in [0.1, 0.15) is 11.3 Å². The lowest BCUT2D eigenvalue weighted by atomic mass is 10.2. The minimum atomic E-state index is -1.34. The van der Waals surface area contributed by atoms with Gasteiger partial charge in [0.2, 0.25) is 0 Å². The highest BCUT2D eigenvalue weighted by Crippen LogP contribution is 2.26. The highest BCUT2D eigenvalue weighted by molar-refractivity contribution is 7.90. The van der Waals surface area contributed by atoms with E-state index in [0.29, 0.717) is 15.7 Å². The van der Waals surface area contributed by atoms with Gasteiger partial charge in [-0.3, -0.25) is 9.97 Å². The first-order valence-corrected chi connectivity index (χ1v) is 8.67. The first-order valence-electron chi connectivity index (χ1n) is 6.97. The Labute approximate surface area is 139 Å². The van der Waals surface area contributed by atoms with Crippen LogP contribution in [0.15, 0.2) is 46.3 Å². The van der Waals surface area contributed by atoms with Crippen molar-refractivity contribution in [2.24, 2.45) is 0 Å². The van der Waals surface area contributed by atoms with E-state index in [1.54, 1.807) is 30.7 Å². The number of benzene rings is 1. The van der Waals surface area contributed by atoms with Crippen LogP contribution in [0.5, 0.6) is 0 Å². The van der Waals surface area contributed by atoms with Crippen LogP contribution in [-0.4, -0.2) is 19.5 Å². The van der Waals surface area contributed by atoms with Gasteiger partial charge >= 0.3 is 5.16 Å². The molecule has 7 heteroatoms. The Morgan fingerprint density at radius 2 is 2.22 bits per heavy atom. The summed E-state index contributed by atoms with van der Waals surface area (Å²) in [5, 5.41) is 1.93. The van der Waals surface area contributed by atoms with Crippen LogP contribution in [0.4, 0.5) is 0 Å². The summed E-state index contributed by atoms with van der Waals surface area (Å²) >= 11 is 4.62. The number of hydrogen-bond acceptors (Lipinski definition) is 4. The number of aromatic amines is 1. The third-order valence-electron chi connectivity index (χ3n) is 3.66. The van der Waals surface area contributed by atoms with Gasteiger partial charge in [-0.15, -0.1) is 0 Å². The number of nitrogens with zero attached hydrogens (tertiary/aromatic N) is 2. The average molecular weight is 346 g/mol. The van der Waals surface area contributed by atoms with Crippen molar-refractivity contribution in [1.29, 1.82) is 0 Å². The molecule has 0 aliphatic carbocycles. The Hall–Kier alpha value is -2.02. The van der Waals surface area contributed by atoms with Gasteiger partial charge in [0.05, 0.1) is 17.3 Å². The smallest absolute Gasteiger partial charge is 0.322 e. The van der Waals surface area contributed by atoms with E-state index in [4.69, 9.17) is 16.0 Å². The molecule has 0 spiro atoms. The molecule has 116 valence electrons. The monoisotopic (exact) mass is 345 g/mol. The fourth-order valence-corrected chi connectivity index (χ4v) is 3.78. The molecule has 3 heterocycles. The molecular formula is C16H12ClN3O2S. The third kappa shape index (κ3) is 2.59. The molecule has 0 bridgehead atoms. The second-order valence-corrected chi connectivity index (χ2v) is 7.05. The number of halogens is 1. The number of imidazole rings is 1. The van der Waals surface area contributed by atoms with Gasteiger partial charge in [0.1, 0.15) is 11.3 Å². The molecule has 1 atom stereocenters. The fourth-order valence-electron chi connectivity index (χ4n) is 2.58. The minimum Gasteiger partial charge on any atom is -0.609 e. The number of hydrogen-bond donors (Lipinski definition) is 1. The number of aromatic nitrogens is 3. The molecule has 1 aromatic carbocycles. The number of H-pyrrole nitrogens is 1. The van der Waals surface area contributed by atoms with E-state index in [9.17, 15) is 4.55 Å². The molecule has 0 amide bonds. The SMILES string of the molecule is Cc1coc2ccnc(C[S+]([O-])c3nc4cc(Cl)ccc4[nH]3)c12. The van der Waals surface area contributed by atoms with Gasteiger partial charge in [-0.1, -0.05) is 11.6 Å². The fraction of sp³-hybridized carbons (Fsp3) is 0.125. The van der Waals surface area contributed by atoms with E-state index in [2.05, 4.69) is 15.0 Å². The van der Waals surface area contributed by atoms with Crippen molar-refractivity contribution in [2.75, 3.05) is 0 Å². The molecule has 1 N–H and O–H groups in total. The molecule has 3 aromatic heterocycles. The summed E-state index contributed by atoms with van der Waals surface area (Å²) in [6.07, 6.45) is 3.35. The van der Waals surface area contributed by atoms with Crippen LogP contribution >= 0.6 is 11.6 Å². The zero-order chi connectivity index (χ0) is 16.0. The summed E-state index contributed by atoms with van der Waals surface area (Å²) in [4.78, 5) is 11.8. The average Bonchev–Trinajstić information content (AvgIpc) is 3.11. The third-order valence-corrected chi connectivity index (χ3v) is 5.05. The first kappa shape index (κ1) is 14.6. The van der Waals surface area contributed by atoms with Crippen molar-refractivity contribution in [2.45, 2.75) is 17.8 Å². The Morgan fingerprint density at radius 3 is 3.09 bits per heavy atom. The number of furan rings is 1. The molecular weight excluding hydrogens is 334 g/mol. The van der Waals surface area contributed by atoms with Crippen LogP contribution < -0.4 is 0 Å². The predicted molar refractivity (Wildman–Crippen MR) is 90.0 cm³/mol. The predicted octanol–water partition coefficient (Wildman–Crippen LogP) is 3.97. The van der Waals surface area contributed by atoms with Gasteiger partial charge < -0.3 is 8.97 Å². The van der Waals surface area contributed by atoms with Crippen LogP contribution in [0.3, 0.4) is 0 Å². The normalized spacial score (nSPS) is 13.0. The maximum absolute atomic E-state index is 12.7. The lowest BCUT2D eigenvalue weighted by molar-refractivity contribution is 0.587. The van der Waals surface area contributed by atoms with Gasteiger partial charge in [0, 0.05) is 27.8 Å². The van der Waals surface area contributed by atoms with Gasteiger partial charge in [0.25, 0.3) is 0 Å². The Balaban J connectivity index is 1.70. The van der Waals surface area contributed by atoms with E-state index in [1.807, 2.05) is 13.0 Å². The van der Waals surface area contributed by atoms with E-state index < -0.39 is 11.2 Å². The summed E-state index contributed by atoms with van der Waals surface area (Å²) < 4.78 is 18.1. The van der Waals surface area contributed by atoms with E-state index in [-0.39, 0.29) is 5.75 Å². The first-order chi connectivity index (χ1) is 11.1. The lowest BCUT2D eigenvalue weighted by Crippen LogP contribution is -2.08. The number of aryl methyl sites for hydroxylation is 1. The summed E-state index contributed by atoms with van der Waals surface area (Å²) in [6, 6.07) is 7.14. The summed E-state index contributed by atoms with van der Waals surface area (Å²) in [6.45, 7) is 1.95. The van der Waals surface area contributed by atoms with Crippen molar-refractivity contribution in [3.05, 3.63) is 53.0 Å². The molecule has 5 nitrogen and oxygen atoms in total. The number of rotatable bonds is 3. The molecule has 1 unspecified atom stereocenters. The quantitative estimate of drug-likeness (QED) is 0.570. The maximum Gasteiger partial charge on any atom is 0.322 e. The van der Waals surface area contributed by atoms with Crippen molar-refractivity contribution in [1.82, 2.24) is 15.0 Å². The van der Waals surface area contributed by atoms with Gasteiger partial charge in [0.15, 0.2) is 5.75 Å². The molecule has 23 heavy (non-hydrogen) atoms. The van der Waals surface area contributed by atoms with E-state index >= 15 is 0 Å². The number of fused-ring (bicyclic) bond motifs is 2. The van der Waals surface area contributed by atoms with E-state index in [0.717, 1.165) is 27.7 Å². The molecule has 0 fully saturated rings. The molecule has 0 radical (unpaired) electrons. The molecule has 4 rings (SSSR count). The second kappa shape index (κ2) is 5.56. The molecule has 0 aliphatic heterocycles. The zero-order valence-corrected chi connectivity index (χ0v) is 13.7. The molecule has 0 saturated heterocycles. The van der Waals surface area contributed by atoms with Crippen LogP contribution in [0, 0.1) is 6.92 Å². The standard InChI is InChI=1S/C16H12ClN3O2S/c1-9-7-22-14-4-5-18-13(15(9)14)8-23(21)16-19-11-3-2-10(17)6-12(11)20-16/h2-7H,8H2,1H3,(H,19,20). The topological polar surface area (TPSA) is 77.8 Å². The lowest BCUT2D eigenvalue weighted by Gasteiger charge is -2.07. The molecule has 0 aliphatic rings. The second-order valence-electron chi connectivity index (χ2n) is 5.24. The largest absolute Gasteiger partial charge is 0.609 e. The Kier molecular flexibility index (Phi) is 3.52. The van der Waals surface area contributed by atoms with Crippen molar-refractivity contribution >= 4 is 44.8 Å². The van der Waals surface area contributed by atoms with E-state index in [1.165, 1.54) is 0 Å². The van der Waals surface area contributed by atoms with Crippen LogP contribution in [-0.2, 0) is 16.9 Å². The van der Waals surface area contributed by atoms with Crippen LogP contribution in [0.2, 0.25) is 5.02 Å². The molecule has 0 saturated carbocycles. The number of pyridine rings is 1. The number of nitrogens with one attached hydrogen (secondary N) is 1. The Morgan fingerprint density at radius 1 is 1.35 bits per heavy atom. The maximum atomic E-state index is 12.7. The highest BCUT2D eigenvalue weighted by Gasteiger charge is 2.21. The zero-order valence-electron chi connectivity index (χ0n) is 12.2. The highest BCUT2D eigenvalue weighted by atomic mass is 35.5. The van der Waals surface area contributed by atoms with Crippen molar-refractivity contribution < 1.29 is 8.97 Å². The summed E-state index contributed by atoms with van der Waals surface area (Å²) in [5.74, 6) is 0.269. The van der Waals surface area contributed by atoms with Gasteiger partial charge in [-0.2, -0.15) is 4.98 Å². The summed E-state index contributed by atoms with van der Waals surface area (Å²) in [7, 11) is 0. The van der Waals surface area contributed by atoms with Crippen molar-refractivity contribution in [3.8, 4) is 0 Å². The van der Waals surface area contributed by atoms with Gasteiger partial charge in [-0.05, 0) is 36.8 Å². The van der Waals surface area contributed by atoms with Crippen molar-refractivity contribution in [3.63, 3.8) is 0 Å². The molecule has 4 aromatic rings. The van der Waals surface area contributed by atoms with Gasteiger partial charge in [-0.25, -0.2) is 0 Å². The minimum absolute atomic E-state index is 0.269. The Bertz CT molecular complexity index is 1010. The van der Waals surface area contributed by atoms with Crippen LogP contribution in [0.25, 0.3) is 22.0 Å². The summed E-state index contributed by atoms with van der Waals surface area (Å²) in [5.41, 5.74) is 3.98.